The molecule has 0 radical (unpaired) electrons. The summed E-state index contributed by atoms with van der Waals surface area (Å²) in [6, 6.07) is 5.76. The summed E-state index contributed by atoms with van der Waals surface area (Å²) in [5.41, 5.74) is 2.98. The van der Waals surface area contributed by atoms with E-state index in [4.69, 9.17) is 9.52 Å². The van der Waals surface area contributed by atoms with Crippen LogP contribution < -0.4 is 5.32 Å². The Morgan fingerprint density at radius 1 is 1.43 bits per heavy atom. The fourth-order valence-electron chi connectivity index (χ4n) is 2.28. The van der Waals surface area contributed by atoms with Crippen molar-refractivity contribution in [2.24, 2.45) is 0 Å². The number of aryl methyl sites for hydroxylation is 2. The second kappa shape index (κ2) is 8.31. The summed E-state index contributed by atoms with van der Waals surface area (Å²) >= 11 is 0. The highest BCUT2D eigenvalue weighted by molar-refractivity contribution is 5.73. The minimum absolute atomic E-state index is 0.00243. The molecule has 0 aliphatic rings. The third kappa shape index (κ3) is 5.09. The Morgan fingerprint density at radius 3 is 2.96 bits per heavy atom. The number of hydrogen-bond acceptors (Lipinski definition) is 3. The molecule has 1 heterocycles. The lowest BCUT2D eigenvalue weighted by Gasteiger charge is -2.06. The molecule has 2 N–H and O–H groups in total. The first kappa shape index (κ1) is 17.0. The molecule has 1 amide bonds. The molecule has 0 fully saturated rings. The number of carboxylic acid groups (broad SMARTS) is 1. The molecule has 2 aromatic rings. The number of halogens is 1. The van der Waals surface area contributed by atoms with Crippen molar-refractivity contribution in [2.45, 2.75) is 39.0 Å². The molecule has 0 saturated carbocycles. The smallest absolute Gasteiger partial charge is 0.404 e. The molecule has 5 nitrogen and oxygen atoms in total. The number of nitrogens with zero attached hydrogens (tertiary/aromatic N) is 1. The van der Waals surface area contributed by atoms with Crippen LogP contribution in [0.2, 0.25) is 0 Å². The van der Waals surface area contributed by atoms with Crippen LogP contribution in [0.25, 0.3) is 11.1 Å². The number of carbonyl (C=O) groups is 1. The number of nitrogens with one attached hydrogen (secondary N) is 1. The van der Waals surface area contributed by atoms with Crippen LogP contribution in [0.1, 0.15) is 37.6 Å². The number of oxazole rings is 1. The maximum Gasteiger partial charge on any atom is 0.404 e. The van der Waals surface area contributed by atoms with Gasteiger partial charge in [-0.25, -0.2) is 14.2 Å². The lowest BCUT2D eigenvalue weighted by Crippen LogP contribution is -2.23. The van der Waals surface area contributed by atoms with E-state index in [2.05, 4.69) is 17.2 Å². The van der Waals surface area contributed by atoms with E-state index < -0.39 is 6.09 Å². The number of rotatable bonds is 8. The van der Waals surface area contributed by atoms with Gasteiger partial charge in [0, 0.05) is 13.0 Å². The van der Waals surface area contributed by atoms with Gasteiger partial charge in [-0.1, -0.05) is 19.4 Å². The van der Waals surface area contributed by atoms with E-state index in [0.29, 0.717) is 24.7 Å². The summed E-state index contributed by atoms with van der Waals surface area (Å²) in [5.74, 6) is 0.744. The molecule has 0 aliphatic carbocycles. The minimum atomic E-state index is -1.16. The molecule has 2 rings (SSSR count). The van der Waals surface area contributed by atoms with E-state index in [1.54, 1.807) is 0 Å². The average Bonchev–Trinajstić information content (AvgIpc) is 2.94. The molecule has 1 aromatic heterocycles. The van der Waals surface area contributed by atoms with E-state index in [1.165, 1.54) is 0 Å². The Labute approximate surface area is 134 Å². The third-order valence-electron chi connectivity index (χ3n) is 3.60. The fourth-order valence-corrected chi connectivity index (χ4v) is 2.28. The van der Waals surface area contributed by atoms with E-state index in [-0.39, 0.29) is 6.54 Å². The summed E-state index contributed by atoms with van der Waals surface area (Å²) < 4.78 is 18.5. The van der Waals surface area contributed by atoms with E-state index in [1.807, 2.05) is 18.2 Å². The molecule has 0 saturated heterocycles. The molecule has 0 atom stereocenters. The van der Waals surface area contributed by atoms with Gasteiger partial charge in [0.15, 0.2) is 11.5 Å². The van der Waals surface area contributed by atoms with E-state index >= 15 is 0 Å². The summed E-state index contributed by atoms with van der Waals surface area (Å²) in [6.07, 6.45) is 3.32. The van der Waals surface area contributed by atoms with Crippen molar-refractivity contribution in [3.63, 3.8) is 0 Å². The van der Waals surface area contributed by atoms with Crippen LogP contribution in [0.15, 0.2) is 34.5 Å². The molecule has 6 heteroatoms. The van der Waals surface area contributed by atoms with Crippen molar-refractivity contribution in [1.82, 2.24) is 10.3 Å². The number of benzene rings is 1. The van der Waals surface area contributed by atoms with Crippen molar-refractivity contribution in [3.05, 3.63) is 41.6 Å². The Morgan fingerprint density at radius 2 is 2.26 bits per heavy atom. The van der Waals surface area contributed by atoms with Crippen molar-refractivity contribution in [2.75, 3.05) is 6.54 Å². The number of hydrogen-bond donors (Lipinski definition) is 2. The Hall–Kier alpha value is -2.37. The number of fused-ring (bicyclic) bond motifs is 1. The topological polar surface area (TPSA) is 75.4 Å². The van der Waals surface area contributed by atoms with Crippen LogP contribution in [0, 0.1) is 0 Å². The SMILES string of the molecule is CCCCc1nc2ccc(CC/C(=C\F)CNC(=O)O)cc2o1. The van der Waals surface area contributed by atoms with Crippen LogP contribution in [-0.2, 0) is 12.8 Å². The zero-order valence-electron chi connectivity index (χ0n) is 13.1. The first-order valence-corrected chi connectivity index (χ1v) is 7.75. The van der Waals surface area contributed by atoms with Gasteiger partial charge in [0.2, 0.25) is 0 Å². The zero-order valence-corrected chi connectivity index (χ0v) is 13.1. The van der Waals surface area contributed by atoms with Crippen LogP contribution in [0.4, 0.5) is 9.18 Å². The van der Waals surface area contributed by atoms with Crippen LogP contribution in [0.5, 0.6) is 0 Å². The number of amides is 1. The van der Waals surface area contributed by atoms with Gasteiger partial charge in [0.25, 0.3) is 0 Å². The molecule has 1 aromatic carbocycles. The van der Waals surface area contributed by atoms with Gasteiger partial charge >= 0.3 is 6.09 Å². The van der Waals surface area contributed by atoms with Gasteiger partial charge in [-0.3, -0.25) is 0 Å². The first-order chi connectivity index (χ1) is 11.1. The van der Waals surface area contributed by atoms with E-state index in [0.717, 1.165) is 41.8 Å². The van der Waals surface area contributed by atoms with Crippen molar-refractivity contribution < 1.29 is 18.7 Å². The molecule has 0 bridgehead atoms. The molecular weight excluding hydrogens is 299 g/mol. The quantitative estimate of drug-likeness (QED) is 0.763. The highest BCUT2D eigenvalue weighted by Crippen LogP contribution is 2.20. The second-order valence-electron chi connectivity index (χ2n) is 5.44. The van der Waals surface area contributed by atoms with Crippen LogP contribution in [-0.4, -0.2) is 22.7 Å². The predicted molar refractivity (Wildman–Crippen MR) is 86.2 cm³/mol. The molecule has 124 valence electrons. The lowest BCUT2D eigenvalue weighted by molar-refractivity contribution is 0.195. The number of aromatic nitrogens is 1. The van der Waals surface area contributed by atoms with Gasteiger partial charge in [-0.2, -0.15) is 0 Å². The summed E-state index contributed by atoms with van der Waals surface area (Å²) in [7, 11) is 0. The van der Waals surface area contributed by atoms with Crippen LogP contribution in [0.3, 0.4) is 0 Å². The second-order valence-corrected chi connectivity index (χ2v) is 5.44. The average molecular weight is 320 g/mol. The van der Waals surface area contributed by atoms with Gasteiger partial charge in [0.1, 0.15) is 5.52 Å². The maximum absolute atomic E-state index is 12.8. The normalized spacial score (nSPS) is 11.8. The number of unbranched alkanes of at least 4 members (excludes halogenated alkanes) is 1. The van der Waals surface area contributed by atoms with Crippen molar-refractivity contribution >= 4 is 17.2 Å². The summed E-state index contributed by atoms with van der Waals surface area (Å²) in [5, 5.41) is 10.7. The highest BCUT2D eigenvalue weighted by Gasteiger charge is 2.07. The fraction of sp³-hybridized carbons (Fsp3) is 0.412. The monoisotopic (exact) mass is 320 g/mol. The van der Waals surface area contributed by atoms with E-state index in [9.17, 15) is 9.18 Å². The Balaban J connectivity index is 1.98. The van der Waals surface area contributed by atoms with Gasteiger partial charge in [0.05, 0.1) is 6.33 Å². The Bertz CT molecular complexity index is 694. The summed E-state index contributed by atoms with van der Waals surface area (Å²) in [6.45, 7) is 2.12. The predicted octanol–water partition coefficient (Wildman–Crippen LogP) is 4.22. The standard InChI is InChI=1S/C17H21FN2O3/c1-2-3-4-16-20-14-8-7-12(9-15(14)23-16)5-6-13(10-18)11-19-17(21)22/h7-10,19H,2-6,11H2,1H3,(H,21,22)/b13-10+. The molecule has 0 spiro atoms. The minimum Gasteiger partial charge on any atom is -0.465 e. The summed E-state index contributed by atoms with van der Waals surface area (Å²) in [4.78, 5) is 14.9. The zero-order chi connectivity index (χ0) is 16.7. The van der Waals surface area contributed by atoms with Gasteiger partial charge in [-0.15, -0.1) is 0 Å². The van der Waals surface area contributed by atoms with Crippen LogP contribution >= 0.6 is 0 Å². The largest absolute Gasteiger partial charge is 0.465 e. The molecule has 0 aliphatic heterocycles. The lowest BCUT2D eigenvalue weighted by atomic mass is 10.1. The van der Waals surface area contributed by atoms with Gasteiger partial charge in [-0.05, 0) is 42.5 Å². The molecule has 23 heavy (non-hydrogen) atoms. The maximum atomic E-state index is 12.8. The Kier molecular flexibility index (Phi) is 6.14. The molecule has 0 unspecified atom stereocenters. The highest BCUT2D eigenvalue weighted by atomic mass is 19.1. The first-order valence-electron chi connectivity index (χ1n) is 7.75. The van der Waals surface area contributed by atoms with Crippen molar-refractivity contribution in [1.29, 1.82) is 0 Å². The molecular formula is C17H21FN2O3. The van der Waals surface area contributed by atoms with Gasteiger partial charge < -0.3 is 14.8 Å². The third-order valence-corrected chi connectivity index (χ3v) is 3.60. The van der Waals surface area contributed by atoms with Crippen molar-refractivity contribution in [3.8, 4) is 0 Å².